The number of halogens is 1. The topological polar surface area (TPSA) is 129 Å². The highest BCUT2D eigenvalue weighted by molar-refractivity contribution is 5.98. The molecule has 9 heteroatoms. The Balaban J connectivity index is 1.82. The second-order valence-corrected chi connectivity index (χ2v) is 6.75. The lowest BCUT2D eigenvalue weighted by Crippen LogP contribution is -2.37. The molecule has 0 radical (unpaired) electrons. The van der Waals surface area contributed by atoms with E-state index in [4.69, 9.17) is 16.2 Å². The van der Waals surface area contributed by atoms with Gasteiger partial charge in [-0.05, 0) is 36.8 Å². The molecule has 3 aromatic rings. The van der Waals surface area contributed by atoms with Gasteiger partial charge in [0.15, 0.2) is 0 Å². The van der Waals surface area contributed by atoms with Crippen LogP contribution in [0, 0.1) is 12.7 Å². The number of fused-ring (bicyclic) bond motifs is 1. The minimum atomic E-state index is -0.440. The summed E-state index contributed by atoms with van der Waals surface area (Å²) in [5.74, 6) is -0.371. The van der Waals surface area contributed by atoms with Crippen LogP contribution in [-0.4, -0.2) is 28.0 Å². The van der Waals surface area contributed by atoms with Crippen LogP contribution in [0.4, 0.5) is 16.0 Å². The molecule has 1 aliphatic rings. The third-order valence-electron chi connectivity index (χ3n) is 4.86. The van der Waals surface area contributed by atoms with Crippen LogP contribution in [0.2, 0.25) is 0 Å². The van der Waals surface area contributed by atoms with Crippen LogP contribution in [0.3, 0.4) is 0 Å². The van der Waals surface area contributed by atoms with Gasteiger partial charge >= 0.3 is 0 Å². The molecule has 0 unspecified atom stereocenters. The number of carbonyl (C=O) groups is 1. The maximum absolute atomic E-state index is 14.1. The van der Waals surface area contributed by atoms with E-state index >= 15 is 0 Å². The third kappa shape index (κ3) is 3.31. The molecule has 0 bridgehead atoms. The number of ether oxygens (including phenoxy) is 1. The zero-order valence-corrected chi connectivity index (χ0v) is 15.9. The fourth-order valence-corrected chi connectivity index (χ4v) is 3.58. The summed E-state index contributed by atoms with van der Waals surface area (Å²) in [6.45, 7) is 1.71. The number of methoxy groups -OCH3 is 1. The average Bonchev–Trinajstić information content (AvgIpc) is 2.67. The number of nitrogens with zero attached hydrogens (tertiary/aromatic N) is 3. The van der Waals surface area contributed by atoms with Crippen LogP contribution in [0.5, 0.6) is 5.88 Å². The molecule has 148 valence electrons. The number of pyridine rings is 1. The van der Waals surface area contributed by atoms with Crippen molar-refractivity contribution in [2.24, 2.45) is 0 Å². The van der Waals surface area contributed by atoms with Gasteiger partial charge in [-0.3, -0.25) is 4.79 Å². The molecule has 29 heavy (non-hydrogen) atoms. The average molecular weight is 394 g/mol. The second kappa shape index (κ2) is 7.01. The Morgan fingerprint density at radius 2 is 1.97 bits per heavy atom. The Morgan fingerprint density at radius 1 is 1.17 bits per heavy atom. The van der Waals surface area contributed by atoms with Gasteiger partial charge in [-0.2, -0.15) is 0 Å². The number of carbonyl (C=O) groups excluding carboxylic acids is 1. The first-order valence-electron chi connectivity index (χ1n) is 8.91. The zero-order chi connectivity index (χ0) is 20.7. The molecule has 8 nitrogen and oxygen atoms in total. The smallest absolute Gasteiger partial charge is 0.255 e. The Bertz CT molecular complexity index is 1130. The summed E-state index contributed by atoms with van der Waals surface area (Å²) >= 11 is 0. The predicted octanol–water partition coefficient (Wildman–Crippen LogP) is 2.19. The molecule has 3 heterocycles. The summed E-state index contributed by atoms with van der Waals surface area (Å²) in [5.41, 5.74) is 15.2. The lowest BCUT2D eigenvalue weighted by atomic mass is 9.90. The number of anilines is 2. The minimum Gasteiger partial charge on any atom is -0.480 e. The van der Waals surface area contributed by atoms with Crippen LogP contribution < -0.4 is 21.5 Å². The molecule has 0 fully saturated rings. The number of aromatic nitrogens is 3. The summed E-state index contributed by atoms with van der Waals surface area (Å²) in [7, 11) is 1.46. The van der Waals surface area contributed by atoms with E-state index in [2.05, 4.69) is 20.3 Å². The molecule has 2 aromatic heterocycles. The van der Waals surface area contributed by atoms with Gasteiger partial charge in [-0.25, -0.2) is 19.3 Å². The number of hydrogen-bond donors (Lipinski definition) is 3. The molecule has 1 atom stereocenters. The van der Waals surface area contributed by atoms with E-state index < -0.39 is 11.9 Å². The van der Waals surface area contributed by atoms with E-state index in [1.165, 1.54) is 19.2 Å². The highest BCUT2D eigenvalue weighted by Crippen LogP contribution is 2.34. The number of benzene rings is 1. The van der Waals surface area contributed by atoms with Crippen LogP contribution in [-0.2, 0) is 6.42 Å². The number of rotatable bonds is 3. The molecule has 1 amide bonds. The number of nitrogen functional groups attached to an aromatic ring is 2. The molecule has 1 aliphatic heterocycles. The van der Waals surface area contributed by atoms with Gasteiger partial charge in [0.25, 0.3) is 5.91 Å². The largest absolute Gasteiger partial charge is 0.480 e. The molecular formula is C20H19FN6O2. The quantitative estimate of drug-likeness (QED) is 0.621. The van der Waals surface area contributed by atoms with Crippen molar-refractivity contribution < 1.29 is 13.9 Å². The maximum atomic E-state index is 14.1. The van der Waals surface area contributed by atoms with Crippen molar-refractivity contribution in [1.29, 1.82) is 0 Å². The predicted molar refractivity (Wildman–Crippen MR) is 106 cm³/mol. The number of nitrogens with two attached hydrogens (primary N) is 2. The van der Waals surface area contributed by atoms with Crippen molar-refractivity contribution >= 4 is 17.5 Å². The summed E-state index contributed by atoms with van der Waals surface area (Å²) in [6, 6.07) is 7.22. The highest BCUT2D eigenvalue weighted by atomic mass is 19.1. The second-order valence-electron chi connectivity index (χ2n) is 6.75. The Hall–Kier alpha value is -3.75. The first kappa shape index (κ1) is 18.6. The van der Waals surface area contributed by atoms with Crippen molar-refractivity contribution in [1.82, 2.24) is 20.3 Å². The normalized spacial score (nSPS) is 15.6. The van der Waals surface area contributed by atoms with Gasteiger partial charge in [0, 0.05) is 12.0 Å². The Morgan fingerprint density at radius 3 is 2.72 bits per heavy atom. The molecule has 0 aliphatic carbocycles. The Labute approximate surface area is 166 Å². The fraction of sp³-hybridized carbons (Fsp3) is 0.200. The fourth-order valence-electron chi connectivity index (χ4n) is 3.58. The summed E-state index contributed by atoms with van der Waals surface area (Å²) in [4.78, 5) is 25.4. The van der Waals surface area contributed by atoms with Crippen molar-refractivity contribution in [3.8, 4) is 17.1 Å². The van der Waals surface area contributed by atoms with Crippen molar-refractivity contribution in [3.63, 3.8) is 0 Å². The molecule has 4 rings (SSSR count). The van der Waals surface area contributed by atoms with Gasteiger partial charge in [-0.15, -0.1) is 0 Å². The third-order valence-corrected chi connectivity index (χ3v) is 4.86. The van der Waals surface area contributed by atoms with E-state index in [0.717, 1.165) is 0 Å². The maximum Gasteiger partial charge on any atom is 0.255 e. The van der Waals surface area contributed by atoms with Crippen LogP contribution in [0.15, 0.2) is 30.3 Å². The summed E-state index contributed by atoms with van der Waals surface area (Å²) in [6.07, 6.45) is 0.388. The first-order chi connectivity index (χ1) is 13.9. The van der Waals surface area contributed by atoms with E-state index in [1.54, 1.807) is 25.1 Å². The van der Waals surface area contributed by atoms with E-state index in [0.29, 0.717) is 45.9 Å². The van der Waals surface area contributed by atoms with Gasteiger partial charge < -0.3 is 21.5 Å². The molecule has 0 saturated carbocycles. The lowest BCUT2D eigenvalue weighted by molar-refractivity contribution is 0.0922. The molecule has 0 saturated heterocycles. The van der Waals surface area contributed by atoms with Crippen LogP contribution in [0.1, 0.15) is 33.4 Å². The van der Waals surface area contributed by atoms with Crippen molar-refractivity contribution in [3.05, 3.63) is 58.7 Å². The van der Waals surface area contributed by atoms with E-state index in [-0.39, 0.29) is 17.7 Å². The van der Waals surface area contributed by atoms with Gasteiger partial charge in [0.1, 0.15) is 5.82 Å². The number of hydrogen-bond acceptors (Lipinski definition) is 7. The first-order valence-corrected chi connectivity index (χ1v) is 8.91. The number of amides is 1. The molecular weight excluding hydrogens is 375 g/mol. The summed E-state index contributed by atoms with van der Waals surface area (Å²) in [5, 5.41) is 2.95. The standard InChI is InChI=1S/C20H19FN6O2/c1-9-17-16(27-20(23)24-9)8-15(25-18(17)28)11-4-3-10(21)7-12(11)14-6-5-13(22)19(26-14)29-2/h3-7,15H,8,22H2,1-2H3,(H,25,28)(H2,23,24,27)/t15-/m1/s1. The van der Waals surface area contributed by atoms with E-state index in [1.807, 2.05) is 0 Å². The number of aryl methyl sites for hydroxylation is 1. The SMILES string of the molecule is COc1nc(-c2cc(F)ccc2[C@H]2Cc3nc(N)nc(C)c3C(=O)N2)ccc1N. The van der Waals surface area contributed by atoms with Crippen molar-refractivity contribution in [2.75, 3.05) is 18.6 Å². The van der Waals surface area contributed by atoms with E-state index in [9.17, 15) is 9.18 Å². The van der Waals surface area contributed by atoms with Crippen LogP contribution >= 0.6 is 0 Å². The minimum absolute atomic E-state index is 0.110. The Kier molecular flexibility index (Phi) is 4.50. The van der Waals surface area contributed by atoms with Gasteiger partial charge in [0.05, 0.1) is 41.5 Å². The molecule has 0 spiro atoms. The van der Waals surface area contributed by atoms with Gasteiger partial charge in [0.2, 0.25) is 11.8 Å². The van der Waals surface area contributed by atoms with Crippen molar-refractivity contribution in [2.45, 2.75) is 19.4 Å². The lowest BCUT2D eigenvalue weighted by Gasteiger charge is -2.27. The zero-order valence-electron chi connectivity index (χ0n) is 15.9. The molecule has 1 aromatic carbocycles. The van der Waals surface area contributed by atoms with Crippen LogP contribution in [0.25, 0.3) is 11.3 Å². The highest BCUT2D eigenvalue weighted by Gasteiger charge is 2.30. The summed E-state index contributed by atoms with van der Waals surface area (Å²) < 4.78 is 19.3. The number of nitrogens with one attached hydrogen (secondary N) is 1. The monoisotopic (exact) mass is 394 g/mol. The van der Waals surface area contributed by atoms with Gasteiger partial charge in [-0.1, -0.05) is 6.07 Å². The molecule has 5 N–H and O–H groups in total.